The minimum absolute atomic E-state index is 1.12. The molecule has 0 radical (unpaired) electrons. The van der Waals surface area contributed by atoms with Crippen LogP contribution in [0.3, 0.4) is 0 Å². The van der Waals surface area contributed by atoms with E-state index in [-0.39, 0.29) is 0 Å². The maximum Gasteiger partial charge on any atom is 0.181 e. The molecular formula is C58H41NSSi2. The molecule has 0 fully saturated rings. The van der Waals surface area contributed by atoms with Crippen LogP contribution < -0.4 is 41.2 Å². The molecule has 0 N–H and O–H groups in total. The van der Waals surface area contributed by atoms with Gasteiger partial charge in [0, 0.05) is 26.6 Å². The van der Waals surface area contributed by atoms with Crippen LogP contribution >= 0.6 is 11.8 Å². The van der Waals surface area contributed by atoms with Crippen LogP contribution in [0.2, 0.25) is 0 Å². The van der Waals surface area contributed by atoms with Crippen LogP contribution in [0.15, 0.2) is 252 Å². The number of rotatable bonds is 6. The highest BCUT2D eigenvalue weighted by Gasteiger charge is 2.52. The average molecular weight is 840 g/mol. The first-order valence-electron chi connectivity index (χ1n) is 21.5. The Morgan fingerprint density at radius 3 is 1.68 bits per heavy atom. The Bertz CT molecular complexity index is 3240. The Hall–Kier alpha value is -6.96. The standard InChI is InChI=1S/C58H41NSSi2/c1-3-17-41(18-4-1)42-33-36-46(37-34-42)59(50-26-16-20-43-19-7-8-25-49(43)50)47-22-15-21-44(39-47)45-35-38-58-54(40-45)61(48-23-5-2-6-24-48)53-29-11-14-32-57(53)62(58)55-30-12-9-27-51(55)60-52-28-10-13-31-56(52)62/h1-40,61H. The Morgan fingerprint density at radius 2 is 0.903 bits per heavy atom. The molecule has 1 spiro atoms. The number of hydrogen-bond acceptors (Lipinski definition) is 2. The third-order valence-electron chi connectivity index (χ3n) is 13.1. The van der Waals surface area contributed by atoms with Crippen molar-refractivity contribution in [2.24, 2.45) is 0 Å². The van der Waals surface area contributed by atoms with E-state index >= 15 is 0 Å². The van der Waals surface area contributed by atoms with Gasteiger partial charge in [0.1, 0.15) is 8.80 Å². The summed E-state index contributed by atoms with van der Waals surface area (Å²) < 4.78 is 0. The summed E-state index contributed by atoms with van der Waals surface area (Å²) in [5.74, 6) is 0. The summed E-state index contributed by atoms with van der Waals surface area (Å²) in [6.07, 6.45) is 0. The molecule has 62 heavy (non-hydrogen) atoms. The van der Waals surface area contributed by atoms with E-state index in [1.807, 2.05) is 11.8 Å². The molecule has 1 nitrogen and oxygen atoms in total. The fraction of sp³-hybridized carbons (Fsp3) is 0. The lowest BCUT2D eigenvalue weighted by molar-refractivity contribution is 1.30. The molecule has 12 rings (SSSR count). The molecule has 2 aliphatic heterocycles. The maximum atomic E-state index is 2.60. The zero-order valence-corrected chi connectivity index (χ0v) is 37.0. The highest BCUT2D eigenvalue weighted by Crippen LogP contribution is 2.41. The van der Waals surface area contributed by atoms with Crippen LogP contribution in [-0.4, -0.2) is 16.9 Å². The second-order valence-electron chi connectivity index (χ2n) is 16.4. The van der Waals surface area contributed by atoms with Crippen molar-refractivity contribution in [1.82, 2.24) is 0 Å². The number of nitrogens with zero attached hydrogens (tertiary/aromatic N) is 1. The number of fused-ring (bicyclic) bond motifs is 9. The van der Waals surface area contributed by atoms with Crippen LogP contribution in [0, 0.1) is 0 Å². The van der Waals surface area contributed by atoms with Gasteiger partial charge in [-0.25, -0.2) is 0 Å². The van der Waals surface area contributed by atoms with Crippen LogP contribution in [0.1, 0.15) is 0 Å². The summed E-state index contributed by atoms with van der Waals surface area (Å²) in [6, 6.07) is 91.4. The molecule has 292 valence electrons. The van der Waals surface area contributed by atoms with E-state index in [9.17, 15) is 0 Å². The number of benzene rings is 10. The zero-order valence-electron chi connectivity index (χ0n) is 34.0. The second-order valence-corrected chi connectivity index (χ2v) is 23.9. The van der Waals surface area contributed by atoms with Gasteiger partial charge < -0.3 is 4.90 Å². The molecule has 1 unspecified atom stereocenters. The molecule has 4 heteroatoms. The van der Waals surface area contributed by atoms with Gasteiger partial charge in [0.05, 0.1) is 5.69 Å². The van der Waals surface area contributed by atoms with Gasteiger partial charge in [-0.1, -0.05) is 228 Å². The highest BCUT2D eigenvalue weighted by molar-refractivity contribution is 8.00. The predicted molar refractivity (Wildman–Crippen MR) is 270 cm³/mol. The molecule has 0 aromatic heterocycles. The Morgan fingerprint density at radius 1 is 0.355 bits per heavy atom. The molecule has 1 atom stereocenters. The lowest BCUT2D eigenvalue weighted by Crippen LogP contribution is -2.87. The fourth-order valence-electron chi connectivity index (χ4n) is 10.4. The lowest BCUT2D eigenvalue weighted by Gasteiger charge is -2.46. The largest absolute Gasteiger partial charge is 0.310 e. The van der Waals surface area contributed by atoms with Crippen LogP contribution in [0.25, 0.3) is 33.0 Å². The molecule has 0 saturated carbocycles. The van der Waals surface area contributed by atoms with Crippen molar-refractivity contribution in [1.29, 1.82) is 0 Å². The molecule has 2 aliphatic rings. The third-order valence-corrected chi connectivity index (χ3v) is 23.4. The molecule has 10 aromatic rings. The average Bonchev–Trinajstić information content (AvgIpc) is 3.35. The highest BCUT2D eigenvalue weighted by atomic mass is 32.2. The minimum atomic E-state index is -2.72. The van der Waals surface area contributed by atoms with Gasteiger partial charge in [0.25, 0.3) is 0 Å². The number of anilines is 3. The van der Waals surface area contributed by atoms with Gasteiger partial charge in [0.2, 0.25) is 0 Å². The van der Waals surface area contributed by atoms with E-state index in [0.29, 0.717) is 0 Å². The molecule has 10 aromatic carbocycles. The Balaban J connectivity index is 1.07. The van der Waals surface area contributed by atoms with Crippen LogP contribution in [-0.2, 0) is 0 Å². The third kappa shape index (κ3) is 5.90. The van der Waals surface area contributed by atoms with Crippen molar-refractivity contribution in [3.63, 3.8) is 0 Å². The van der Waals surface area contributed by atoms with Gasteiger partial charge in [0.15, 0.2) is 8.07 Å². The smallest absolute Gasteiger partial charge is 0.181 e. The SMILES string of the molecule is c1ccc(-c2ccc(N(c3cccc(-c4ccc5c(c4)[SiH](c4ccccc4)c4ccccc4[Si]54c5ccccc5Sc5ccccc54)c3)c3cccc4ccccc34)cc2)cc1. The van der Waals surface area contributed by atoms with E-state index in [1.54, 1.807) is 20.7 Å². The van der Waals surface area contributed by atoms with Gasteiger partial charge in [-0.05, 0) is 90.9 Å². The van der Waals surface area contributed by atoms with Gasteiger partial charge in [-0.3, -0.25) is 0 Å². The topological polar surface area (TPSA) is 3.24 Å². The summed E-state index contributed by atoms with van der Waals surface area (Å²) in [7, 11) is -4.65. The molecule has 0 bridgehead atoms. The van der Waals surface area contributed by atoms with E-state index in [1.165, 1.54) is 58.4 Å². The first-order valence-corrected chi connectivity index (χ1v) is 26.0. The van der Waals surface area contributed by atoms with Crippen LogP contribution in [0.4, 0.5) is 17.1 Å². The molecule has 2 heterocycles. The predicted octanol–water partition coefficient (Wildman–Crippen LogP) is 10.0. The molecule has 0 saturated heterocycles. The molecular weight excluding hydrogens is 799 g/mol. The second kappa shape index (κ2) is 15.2. The Labute approximate surface area is 370 Å². The monoisotopic (exact) mass is 839 g/mol. The maximum absolute atomic E-state index is 2.72. The quantitative estimate of drug-likeness (QED) is 0.154. The first kappa shape index (κ1) is 36.9. The zero-order chi connectivity index (χ0) is 41.0. The van der Waals surface area contributed by atoms with E-state index in [4.69, 9.17) is 0 Å². The molecule has 0 amide bonds. The Kier molecular flexibility index (Phi) is 9.03. The van der Waals surface area contributed by atoms with Gasteiger partial charge in [-0.15, -0.1) is 0 Å². The van der Waals surface area contributed by atoms with E-state index in [2.05, 4.69) is 248 Å². The summed E-state index contributed by atoms with van der Waals surface area (Å²) in [6.45, 7) is 0. The minimum Gasteiger partial charge on any atom is -0.310 e. The first-order chi connectivity index (χ1) is 30.8. The van der Waals surface area contributed by atoms with Crippen molar-refractivity contribution < 1.29 is 0 Å². The van der Waals surface area contributed by atoms with Crippen molar-refractivity contribution in [2.45, 2.75) is 9.79 Å². The van der Waals surface area contributed by atoms with Crippen molar-refractivity contribution >= 4 is 92.8 Å². The number of hydrogen-bond donors (Lipinski definition) is 0. The van der Waals surface area contributed by atoms with Crippen LogP contribution in [0.5, 0.6) is 0 Å². The van der Waals surface area contributed by atoms with Gasteiger partial charge in [-0.2, -0.15) is 0 Å². The van der Waals surface area contributed by atoms with Crippen molar-refractivity contribution in [3.8, 4) is 22.3 Å². The summed E-state index contributed by atoms with van der Waals surface area (Å²) in [5, 5.41) is 13.1. The van der Waals surface area contributed by atoms with Gasteiger partial charge >= 0.3 is 0 Å². The normalized spacial score (nSPS) is 14.4. The van der Waals surface area contributed by atoms with Crippen molar-refractivity contribution in [2.75, 3.05) is 4.90 Å². The summed E-state index contributed by atoms with van der Waals surface area (Å²) >= 11 is 1.94. The molecule has 0 aliphatic carbocycles. The van der Waals surface area contributed by atoms with E-state index < -0.39 is 16.9 Å². The lowest BCUT2D eigenvalue weighted by atomic mass is 10.0. The summed E-state index contributed by atoms with van der Waals surface area (Å²) in [4.78, 5) is 5.22. The fourth-order valence-corrected chi connectivity index (χ4v) is 22.8. The van der Waals surface area contributed by atoms with E-state index in [0.717, 1.165) is 17.1 Å². The van der Waals surface area contributed by atoms with Crippen molar-refractivity contribution in [3.05, 3.63) is 243 Å². The summed E-state index contributed by atoms with van der Waals surface area (Å²) in [5.41, 5.74) is 8.30.